The first kappa shape index (κ1) is 26.8. The van der Waals surface area contributed by atoms with E-state index in [-0.39, 0.29) is 0 Å². The number of aromatic nitrogens is 2. The van der Waals surface area contributed by atoms with E-state index in [2.05, 4.69) is 191 Å². The van der Waals surface area contributed by atoms with Crippen molar-refractivity contribution >= 4 is 54.4 Å². The number of hydrogen-bond acceptors (Lipinski definition) is 0. The first-order valence-electron chi connectivity index (χ1n) is 16.5. The van der Waals surface area contributed by atoms with Crippen LogP contribution in [-0.4, -0.2) is 9.13 Å². The largest absolute Gasteiger partial charge is 0.309 e. The second-order valence-corrected chi connectivity index (χ2v) is 12.6. The van der Waals surface area contributed by atoms with Gasteiger partial charge in [0.2, 0.25) is 0 Å². The molecule has 0 aliphatic carbocycles. The molecule has 2 heteroatoms. The van der Waals surface area contributed by atoms with Gasteiger partial charge in [0.25, 0.3) is 0 Å². The molecule has 0 bridgehead atoms. The number of para-hydroxylation sites is 3. The fourth-order valence-corrected chi connectivity index (χ4v) is 7.78. The van der Waals surface area contributed by atoms with Crippen molar-refractivity contribution in [3.05, 3.63) is 182 Å². The van der Waals surface area contributed by atoms with Crippen LogP contribution in [0.1, 0.15) is 0 Å². The van der Waals surface area contributed by atoms with Gasteiger partial charge in [-0.05, 0) is 69.9 Å². The average molecular weight is 611 g/mol. The Morgan fingerprint density at radius 3 is 1.73 bits per heavy atom. The predicted molar refractivity (Wildman–Crippen MR) is 203 cm³/mol. The highest BCUT2D eigenvalue weighted by molar-refractivity contribution is 6.20. The van der Waals surface area contributed by atoms with E-state index in [9.17, 15) is 0 Å². The van der Waals surface area contributed by atoms with Gasteiger partial charge < -0.3 is 9.13 Å². The molecule has 8 aromatic carbocycles. The van der Waals surface area contributed by atoms with E-state index in [0.717, 1.165) is 5.69 Å². The minimum absolute atomic E-state index is 1.15. The van der Waals surface area contributed by atoms with Crippen molar-refractivity contribution < 1.29 is 0 Å². The van der Waals surface area contributed by atoms with E-state index in [1.54, 1.807) is 0 Å². The van der Waals surface area contributed by atoms with Gasteiger partial charge in [0.1, 0.15) is 0 Å². The van der Waals surface area contributed by atoms with E-state index in [1.807, 2.05) is 0 Å². The first-order valence-corrected chi connectivity index (χ1v) is 16.5. The standard InChI is InChI=1S/C46H30N2/c1-2-12-31(13-3-1)33-24-27-35(28-25-33)48-42-21-8-6-16-37(42)39-19-10-20-40(46(39)48)38-18-11-23-44-45(38)41-17-7-9-22-43(41)47(44)36-29-26-32-14-4-5-15-34(32)30-36/h1-30H. The molecule has 2 nitrogen and oxygen atoms in total. The Hall–Kier alpha value is -6.38. The first-order chi connectivity index (χ1) is 23.8. The summed E-state index contributed by atoms with van der Waals surface area (Å²) in [4.78, 5) is 0. The Labute approximate surface area is 278 Å². The van der Waals surface area contributed by atoms with Crippen LogP contribution in [0, 0.1) is 0 Å². The van der Waals surface area contributed by atoms with Crippen molar-refractivity contribution in [2.45, 2.75) is 0 Å². The maximum absolute atomic E-state index is 2.45. The zero-order chi connectivity index (χ0) is 31.6. The van der Waals surface area contributed by atoms with Crippen molar-refractivity contribution in [3.63, 3.8) is 0 Å². The van der Waals surface area contributed by atoms with Gasteiger partial charge in [-0.1, -0.05) is 140 Å². The maximum Gasteiger partial charge on any atom is 0.0619 e. The third-order valence-corrected chi connectivity index (χ3v) is 9.91. The minimum Gasteiger partial charge on any atom is -0.309 e. The number of benzene rings is 8. The number of fused-ring (bicyclic) bond motifs is 7. The molecule has 0 aliphatic heterocycles. The van der Waals surface area contributed by atoms with Gasteiger partial charge in [-0.25, -0.2) is 0 Å². The van der Waals surface area contributed by atoms with Crippen molar-refractivity contribution in [1.82, 2.24) is 9.13 Å². The SMILES string of the molecule is c1ccc(-c2ccc(-n3c4ccccc4c4cccc(-c5cccc6c5c5ccccc5n6-c5ccc6ccccc6c5)c43)cc2)cc1. The highest BCUT2D eigenvalue weighted by atomic mass is 15.0. The molecule has 0 saturated heterocycles. The Balaban J connectivity index is 1.26. The second-order valence-electron chi connectivity index (χ2n) is 12.6. The smallest absolute Gasteiger partial charge is 0.0619 e. The van der Waals surface area contributed by atoms with Crippen molar-refractivity contribution in [3.8, 4) is 33.6 Å². The van der Waals surface area contributed by atoms with E-state index >= 15 is 0 Å². The van der Waals surface area contributed by atoms with Gasteiger partial charge in [-0.15, -0.1) is 0 Å². The predicted octanol–water partition coefficient (Wildman–Crippen LogP) is 12.4. The summed E-state index contributed by atoms with van der Waals surface area (Å²) < 4.78 is 4.88. The molecule has 0 amide bonds. The summed E-state index contributed by atoms with van der Waals surface area (Å²) in [6.45, 7) is 0. The minimum atomic E-state index is 1.15. The maximum atomic E-state index is 2.45. The van der Waals surface area contributed by atoms with Gasteiger partial charge in [0.05, 0.1) is 22.1 Å². The molecule has 0 atom stereocenters. The van der Waals surface area contributed by atoms with E-state index in [4.69, 9.17) is 0 Å². The summed E-state index contributed by atoms with van der Waals surface area (Å²) in [6, 6.07) is 66.2. The molecule has 0 aliphatic rings. The Morgan fingerprint density at radius 2 is 0.896 bits per heavy atom. The molecule has 10 aromatic rings. The molecule has 0 fully saturated rings. The van der Waals surface area contributed by atoms with Crippen LogP contribution in [0.25, 0.3) is 88.0 Å². The quantitative estimate of drug-likeness (QED) is 0.188. The molecular formula is C46H30N2. The van der Waals surface area contributed by atoms with Crippen LogP contribution in [0.2, 0.25) is 0 Å². The zero-order valence-electron chi connectivity index (χ0n) is 26.2. The molecule has 10 rings (SSSR count). The highest BCUT2D eigenvalue weighted by Gasteiger charge is 2.21. The molecule has 2 aromatic heterocycles. The molecule has 0 saturated carbocycles. The molecular weight excluding hydrogens is 581 g/mol. The van der Waals surface area contributed by atoms with Gasteiger partial charge in [-0.2, -0.15) is 0 Å². The van der Waals surface area contributed by atoms with Crippen LogP contribution in [0.4, 0.5) is 0 Å². The summed E-state index contributed by atoms with van der Waals surface area (Å²) in [5.41, 5.74) is 12.1. The van der Waals surface area contributed by atoms with Crippen LogP contribution in [0.3, 0.4) is 0 Å². The molecule has 0 radical (unpaired) electrons. The van der Waals surface area contributed by atoms with Gasteiger partial charge in [0.15, 0.2) is 0 Å². The van der Waals surface area contributed by atoms with Crippen LogP contribution >= 0.6 is 0 Å². The molecule has 0 spiro atoms. The molecule has 0 N–H and O–H groups in total. The van der Waals surface area contributed by atoms with Crippen molar-refractivity contribution in [1.29, 1.82) is 0 Å². The summed E-state index contributed by atoms with van der Waals surface area (Å²) in [5, 5.41) is 7.52. The lowest BCUT2D eigenvalue weighted by Crippen LogP contribution is -1.96. The van der Waals surface area contributed by atoms with Gasteiger partial charge in [0, 0.05) is 38.5 Å². The van der Waals surface area contributed by atoms with Crippen LogP contribution in [0.5, 0.6) is 0 Å². The van der Waals surface area contributed by atoms with Crippen LogP contribution in [0.15, 0.2) is 182 Å². The summed E-state index contributed by atoms with van der Waals surface area (Å²) in [5.74, 6) is 0. The Morgan fingerprint density at radius 1 is 0.312 bits per heavy atom. The molecule has 0 unspecified atom stereocenters. The summed E-state index contributed by atoms with van der Waals surface area (Å²) >= 11 is 0. The normalized spacial score (nSPS) is 11.8. The topological polar surface area (TPSA) is 9.86 Å². The lowest BCUT2D eigenvalue weighted by molar-refractivity contribution is 1.18. The van der Waals surface area contributed by atoms with E-state index in [0.29, 0.717) is 0 Å². The van der Waals surface area contributed by atoms with Crippen molar-refractivity contribution in [2.24, 2.45) is 0 Å². The average Bonchev–Trinajstić information content (AvgIpc) is 3.68. The van der Waals surface area contributed by atoms with Crippen LogP contribution in [-0.2, 0) is 0 Å². The van der Waals surface area contributed by atoms with E-state index in [1.165, 1.54) is 82.3 Å². The van der Waals surface area contributed by atoms with Crippen LogP contribution < -0.4 is 0 Å². The number of nitrogens with zero attached hydrogens (tertiary/aromatic N) is 2. The number of hydrogen-bond donors (Lipinski definition) is 0. The third-order valence-electron chi connectivity index (χ3n) is 9.91. The monoisotopic (exact) mass is 610 g/mol. The molecule has 224 valence electrons. The number of rotatable bonds is 4. The lowest BCUT2D eigenvalue weighted by atomic mass is 9.97. The third kappa shape index (κ3) is 4.00. The zero-order valence-corrected chi connectivity index (χ0v) is 26.2. The fourth-order valence-electron chi connectivity index (χ4n) is 7.78. The fraction of sp³-hybridized carbons (Fsp3) is 0. The van der Waals surface area contributed by atoms with Gasteiger partial charge >= 0.3 is 0 Å². The Kier molecular flexibility index (Phi) is 5.91. The second kappa shape index (κ2) is 10.6. The highest BCUT2D eigenvalue weighted by Crippen LogP contribution is 2.43. The Bertz CT molecular complexity index is 2820. The molecule has 48 heavy (non-hydrogen) atoms. The molecule has 2 heterocycles. The summed E-state index contributed by atoms with van der Waals surface area (Å²) in [7, 11) is 0. The van der Waals surface area contributed by atoms with E-state index < -0.39 is 0 Å². The lowest BCUT2D eigenvalue weighted by Gasteiger charge is -2.14. The van der Waals surface area contributed by atoms with Gasteiger partial charge in [-0.3, -0.25) is 0 Å². The summed E-state index contributed by atoms with van der Waals surface area (Å²) in [6.07, 6.45) is 0. The van der Waals surface area contributed by atoms with Crippen molar-refractivity contribution in [2.75, 3.05) is 0 Å².